The fourth-order valence-electron chi connectivity index (χ4n) is 2.46. The van der Waals surface area contributed by atoms with Gasteiger partial charge in [-0.15, -0.1) is 0 Å². The van der Waals surface area contributed by atoms with E-state index in [4.69, 9.17) is 4.74 Å². The van der Waals surface area contributed by atoms with Gasteiger partial charge in [0.25, 0.3) is 0 Å². The second kappa shape index (κ2) is 7.26. The zero-order chi connectivity index (χ0) is 18.0. The first-order valence-electron chi connectivity index (χ1n) is 7.79. The van der Waals surface area contributed by atoms with Crippen molar-refractivity contribution in [3.8, 4) is 5.88 Å². The molecule has 0 amide bonds. The number of ether oxygens (including phenoxy) is 1. The summed E-state index contributed by atoms with van der Waals surface area (Å²) in [5.41, 5.74) is -0.818. The molecule has 0 spiro atoms. The van der Waals surface area contributed by atoms with Crippen LogP contribution in [0.2, 0.25) is 0 Å². The van der Waals surface area contributed by atoms with E-state index in [1.54, 1.807) is 13.8 Å². The Bertz CT molecular complexity index is 637. The molecule has 0 aliphatic heterocycles. The summed E-state index contributed by atoms with van der Waals surface area (Å²) in [4.78, 5) is 3.69. The number of rotatable bonds is 5. The molecule has 1 aliphatic carbocycles. The zero-order valence-corrected chi connectivity index (χ0v) is 14.3. The summed E-state index contributed by atoms with van der Waals surface area (Å²) in [6.45, 7) is 3.24. The van der Waals surface area contributed by atoms with Gasteiger partial charge in [-0.1, -0.05) is 0 Å². The molecule has 0 atom stereocenters. The molecule has 1 aromatic heterocycles. The lowest BCUT2D eigenvalue weighted by atomic mass is 9.94. The highest BCUT2D eigenvalue weighted by atomic mass is 32.2. The molecule has 1 N–H and O–H groups in total. The molecular formula is C15H21F3N2O3S. The van der Waals surface area contributed by atoms with Crippen LogP contribution in [-0.2, 0) is 16.2 Å². The third-order valence-electron chi connectivity index (χ3n) is 3.98. The number of nitrogens with one attached hydrogen (secondary N) is 1. The van der Waals surface area contributed by atoms with E-state index in [9.17, 15) is 21.6 Å². The molecule has 1 aromatic rings. The molecule has 9 heteroatoms. The lowest BCUT2D eigenvalue weighted by Gasteiger charge is -2.29. The smallest absolute Gasteiger partial charge is 0.417 e. The molecule has 0 saturated heterocycles. The van der Waals surface area contributed by atoms with Crippen molar-refractivity contribution in [2.45, 2.75) is 63.1 Å². The Balaban J connectivity index is 1.85. The fraction of sp³-hybridized carbons (Fsp3) is 0.667. The first kappa shape index (κ1) is 19.0. The van der Waals surface area contributed by atoms with Crippen LogP contribution in [0.5, 0.6) is 5.88 Å². The summed E-state index contributed by atoms with van der Waals surface area (Å²) in [7, 11) is -3.30. The van der Waals surface area contributed by atoms with E-state index in [1.807, 2.05) is 0 Å². The molecule has 1 fully saturated rings. The second-order valence-electron chi connectivity index (χ2n) is 6.19. The van der Waals surface area contributed by atoms with Gasteiger partial charge in [0.2, 0.25) is 15.9 Å². The summed E-state index contributed by atoms with van der Waals surface area (Å²) in [5.74, 6) is 0.147. The maximum atomic E-state index is 12.5. The Hall–Kier alpha value is -1.35. The molecule has 1 aliphatic rings. The van der Waals surface area contributed by atoms with Gasteiger partial charge in [-0.05, 0) is 45.6 Å². The van der Waals surface area contributed by atoms with Gasteiger partial charge in [-0.2, -0.15) is 13.2 Å². The van der Waals surface area contributed by atoms with E-state index in [1.165, 1.54) is 6.07 Å². The van der Waals surface area contributed by atoms with Gasteiger partial charge >= 0.3 is 6.18 Å². The number of aromatic nitrogens is 1. The largest absolute Gasteiger partial charge is 0.474 e. The van der Waals surface area contributed by atoms with Crippen molar-refractivity contribution >= 4 is 10.0 Å². The predicted octanol–water partition coefficient (Wildman–Crippen LogP) is 3.12. The molecule has 0 bridgehead atoms. The molecule has 1 saturated carbocycles. The third kappa shape index (κ3) is 5.07. The SMILES string of the molecule is CC(C)S(=O)(=O)NC1CCC(Oc2ccc(C(F)(F)F)cn2)CC1. The number of nitrogens with zero attached hydrogens (tertiary/aromatic N) is 1. The lowest BCUT2D eigenvalue weighted by Crippen LogP contribution is -2.42. The van der Waals surface area contributed by atoms with Gasteiger partial charge in [0.05, 0.1) is 10.8 Å². The van der Waals surface area contributed by atoms with Crippen LogP contribution in [0.3, 0.4) is 0 Å². The van der Waals surface area contributed by atoms with E-state index in [0.29, 0.717) is 25.7 Å². The number of hydrogen-bond acceptors (Lipinski definition) is 4. The Labute approximate surface area is 139 Å². The van der Waals surface area contributed by atoms with Crippen LogP contribution in [0.4, 0.5) is 13.2 Å². The van der Waals surface area contributed by atoms with Crippen molar-refractivity contribution in [3.05, 3.63) is 23.9 Å². The lowest BCUT2D eigenvalue weighted by molar-refractivity contribution is -0.137. The van der Waals surface area contributed by atoms with Gasteiger partial charge in [0.1, 0.15) is 6.10 Å². The standard InChI is InChI=1S/C15H21F3N2O3S/c1-10(2)24(21,22)20-12-4-6-13(7-5-12)23-14-8-3-11(9-19-14)15(16,17)18/h3,8-10,12-13,20H,4-7H2,1-2H3. The van der Waals surface area contributed by atoms with Crippen LogP contribution in [0.25, 0.3) is 0 Å². The first-order chi connectivity index (χ1) is 11.1. The van der Waals surface area contributed by atoms with Crippen LogP contribution in [0.15, 0.2) is 18.3 Å². The van der Waals surface area contributed by atoms with Crippen LogP contribution in [0, 0.1) is 0 Å². The maximum Gasteiger partial charge on any atom is 0.417 e. The Morgan fingerprint density at radius 2 is 1.83 bits per heavy atom. The Kier molecular flexibility index (Phi) is 5.74. The Morgan fingerprint density at radius 1 is 1.21 bits per heavy atom. The minimum absolute atomic E-state index is 0.127. The van der Waals surface area contributed by atoms with E-state index in [0.717, 1.165) is 12.3 Å². The van der Waals surface area contributed by atoms with E-state index < -0.39 is 27.0 Å². The topological polar surface area (TPSA) is 68.3 Å². The second-order valence-corrected chi connectivity index (χ2v) is 8.45. The monoisotopic (exact) mass is 366 g/mol. The van der Waals surface area contributed by atoms with Gasteiger partial charge in [0, 0.05) is 18.3 Å². The summed E-state index contributed by atoms with van der Waals surface area (Å²) in [5, 5.41) is -0.483. The van der Waals surface area contributed by atoms with Gasteiger partial charge < -0.3 is 4.74 Å². The van der Waals surface area contributed by atoms with Gasteiger partial charge in [-0.3, -0.25) is 0 Å². The average Bonchev–Trinajstić information content (AvgIpc) is 2.48. The average molecular weight is 366 g/mol. The molecule has 0 radical (unpaired) electrons. The zero-order valence-electron chi connectivity index (χ0n) is 13.5. The molecular weight excluding hydrogens is 345 g/mol. The van der Waals surface area contributed by atoms with E-state index >= 15 is 0 Å². The van der Waals surface area contributed by atoms with Crippen LogP contribution in [-0.4, -0.2) is 30.8 Å². The number of sulfonamides is 1. The van der Waals surface area contributed by atoms with Crippen LogP contribution in [0.1, 0.15) is 45.1 Å². The molecule has 136 valence electrons. The van der Waals surface area contributed by atoms with Crippen molar-refractivity contribution in [2.75, 3.05) is 0 Å². The van der Waals surface area contributed by atoms with Gasteiger partial charge in [0.15, 0.2) is 0 Å². The highest BCUT2D eigenvalue weighted by Gasteiger charge is 2.31. The number of halogens is 3. The maximum absolute atomic E-state index is 12.5. The normalized spacial score (nSPS) is 22.6. The highest BCUT2D eigenvalue weighted by molar-refractivity contribution is 7.90. The molecule has 0 unspecified atom stereocenters. The summed E-state index contributed by atoms with van der Waals surface area (Å²) < 4.78 is 69.4. The molecule has 5 nitrogen and oxygen atoms in total. The molecule has 0 aromatic carbocycles. The minimum Gasteiger partial charge on any atom is -0.474 e. The van der Waals surface area contributed by atoms with Crippen molar-refractivity contribution < 1.29 is 26.3 Å². The Morgan fingerprint density at radius 3 is 2.29 bits per heavy atom. The quantitative estimate of drug-likeness (QED) is 0.869. The van der Waals surface area contributed by atoms with E-state index in [-0.39, 0.29) is 18.0 Å². The fourth-order valence-corrected chi connectivity index (χ4v) is 3.43. The van der Waals surface area contributed by atoms with Crippen molar-refractivity contribution in [1.82, 2.24) is 9.71 Å². The summed E-state index contributed by atoms with van der Waals surface area (Å²) >= 11 is 0. The number of pyridine rings is 1. The van der Waals surface area contributed by atoms with Gasteiger partial charge in [-0.25, -0.2) is 18.1 Å². The number of hydrogen-bond donors (Lipinski definition) is 1. The number of alkyl halides is 3. The van der Waals surface area contributed by atoms with Crippen molar-refractivity contribution in [3.63, 3.8) is 0 Å². The molecule has 1 heterocycles. The summed E-state index contributed by atoms with van der Waals surface area (Å²) in [6, 6.07) is 2.01. The predicted molar refractivity (Wildman–Crippen MR) is 83.1 cm³/mol. The molecule has 24 heavy (non-hydrogen) atoms. The molecule has 2 rings (SSSR count). The minimum atomic E-state index is -4.42. The highest BCUT2D eigenvalue weighted by Crippen LogP contribution is 2.30. The van der Waals surface area contributed by atoms with Crippen molar-refractivity contribution in [1.29, 1.82) is 0 Å². The van der Waals surface area contributed by atoms with Crippen LogP contribution < -0.4 is 9.46 Å². The van der Waals surface area contributed by atoms with Crippen molar-refractivity contribution in [2.24, 2.45) is 0 Å². The van der Waals surface area contributed by atoms with E-state index in [2.05, 4.69) is 9.71 Å². The first-order valence-corrected chi connectivity index (χ1v) is 9.33. The van der Waals surface area contributed by atoms with Crippen LogP contribution >= 0.6 is 0 Å². The summed E-state index contributed by atoms with van der Waals surface area (Å²) in [6.07, 6.45) is -1.36. The third-order valence-corrected chi connectivity index (χ3v) is 5.88.